The second kappa shape index (κ2) is 6.37. The SMILES string of the molecule is OC1C2Cc3c([nH]c4ccc(Br)cc34)C(c3ccc4c(c3)OCO4)N2C(=S)N1C1CC1. The maximum Gasteiger partial charge on any atom is 0.231 e. The van der Waals surface area contributed by atoms with Gasteiger partial charge < -0.3 is 29.4 Å². The first-order valence-corrected chi connectivity index (χ1v) is 11.8. The van der Waals surface area contributed by atoms with Gasteiger partial charge in [0.15, 0.2) is 16.6 Å². The Morgan fingerprint density at radius 3 is 2.74 bits per heavy atom. The molecular weight excluding hydrogens is 478 g/mol. The number of aliphatic hydroxyl groups is 1. The fourth-order valence-corrected chi connectivity index (χ4v) is 6.26. The second-order valence-electron chi connectivity index (χ2n) is 8.74. The maximum absolute atomic E-state index is 11.3. The topological polar surface area (TPSA) is 61.0 Å². The number of rotatable bonds is 2. The van der Waals surface area contributed by atoms with E-state index in [4.69, 9.17) is 21.7 Å². The second-order valence-corrected chi connectivity index (χ2v) is 10.0. The van der Waals surface area contributed by atoms with Gasteiger partial charge in [0.25, 0.3) is 0 Å². The molecule has 8 heteroatoms. The van der Waals surface area contributed by atoms with Gasteiger partial charge in [-0.2, -0.15) is 0 Å². The van der Waals surface area contributed by atoms with Crippen molar-refractivity contribution >= 4 is 44.2 Å². The average Bonchev–Trinajstić information content (AvgIpc) is 3.28. The molecule has 3 unspecified atom stereocenters. The van der Waals surface area contributed by atoms with Gasteiger partial charge in [-0.15, -0.1) is 0 Å². The molecule has 3 atom stereocenters. The minimum atomic E-state index is -0.596. The quantitative estimate of drug-likeness (QED) is 0.520. The van der Waals surface area contributed by atoms with Gasteiger partial charge in [-0.25, -0.2) is 0 Å². The zero-order valence-electron chi connectivity index (χ0n) is 16.5. The standard InChI is InChI=1S/C23H20BrN3O3S/c24-12-2-5-16-14(8-12)15-9-17-22(28)26(13-3-4-13)23(31)27(17)21(20(15)25-16)11-1-6-18-19(7-11)30-10-29-18/h1-2,5-8,13,17,21-22,25,28H,3-4,9-10H2. The van der Waals surface area contributed by atoms with Crippen LogP contribution < -0.4 is 9.47 Å². The van der Waals surface area contributed by atoms with E-state index in [0.717, 1.165) is 57.1 Å². The van der Waals surface area contributed by atoms with E-state index >= 15 is 0 Å². The monoisotopic (exact) mass is 497 g/mol. The normalized spacial score (nSPS) is 26.5. The van der Waals surface area contributed by atoms with E-state index in [-0.39, 0.29) is 18.9 Å². The number of benzene rings is 2. The minimum Gasteiger partial charge on any atom is -0.454 e. The van der Waals surface area contributed by atoms with Crippen LogP contribution in [-0.2, 0) is 6.42 Å². The van der Waals surface area contributed by atoms with Crippen molar-refractivity contribution in [2.24, 2.45) is 0 Å². The van der Waals surface area contributed by atoms with Crippen molar-refractivity contribution < 1.29 is 14.6 Å². The van der Waals surface area contributed by atoms with Crippen molar-refractivity contribution in [1.82, 2.24) is 14.8 Å². The fourth-order valence-electron chi connectivity index (χ4n) is 5.40. The molecule has 2 fully saturated rings. The summed E-state index contributed by atoms with van der Waals surface area (Å²) in [6, 6.07) is 12.6. The molecular formula is C23H20BrN3O3S. The van der Waals surface area contributed by atoms with Crippen LogP contribution in [-0.4, -0.2) is 50.1 Å². The Kier molecular flexibility index (Phi) is 3.76. The number of fused-ring (bicyclic) bond motifs is 5. The molecule has 3 aliphatic heterocycles. The summed E-state index contributed by atoms with van der Waals surface area (Å²) in [5.41, 5.74) is 4.56. The highest BCUT2D eigenvalue weighted by Gasteiger charge is 2.53. The molecule has 31 heavy (non-hydrogen) atoms. The number of hydrogen-bond donors (Lipinski definition) is 2. The van der Waals surface area contributed by atoms with Crippen LogP contribution in [0.3, 0.4) is 0 Å². The van der Waals surface area contributed by atoms with Crippen LogP contribution in [0.1, 0.15) is 35.7 Å². The van der Waals surface area contributed by atoms with Crippen LogP contribution in [0.5, 0.6) is 11.5 Å². The number of ether oxygens (including phenoxy) is 2. The molecule has 2 aromatic carbocycles. The van der Waals surface area contributed by atoms with Crippen molar-refractivity contribution in [3.05, 3.63) is 57.7 Å². The highest BCUT2D eigenvalue weighted by molar-refractivity contribution is 9.10. The van der Waals surface area contributed by atoms with Gasteiger partial charge in [-0.05, 0) is 72.9 Å². The van der Waals surface area contributed by atoms with Crippen LogP contribution >= 0.6 is 28.1 Å². The Balaban J connectivity index is 1.44. The molecule has 0 amide bonds. The first kappa shape index (κ1) is 18.3. The van der Waals surface area contributed by atoms with Gasteiger partial charge in [0.2, 0.25) is 6.79 Å². The number of thiocarbonyl (C=S) groups is 1. The van der Waals surface area contributed by atoms with Crippen molar-refractivity contribution in [3.8, 4) is 11.5 Å². The van der Waals surface area contributed by atoms with E-state index in [9.17, 15) is 5.11 Å². The third-order valence-electron chi connectivity index (χ3n) is 6.95. The largest absolute Gasteiger partial charge is 0.454 e. The number of aromatic amines is 1. The molecule has 0 spiro atoms. The third kappa shape index (κ3) is 2.55. The summed E-state index contributed by atoms with van der Waals surface area (Å²) in [4.78, 5) is 7.97. The number of halogens is 1. The highest BCUT2D eigenvalue weighted by Crippen LogP contribution is 2.48. The van der Waals surface area contributed by atoms with Gasteiger partial charge >= 0.3 is 0 Å². The third-order valence-corrected chi connectivity index (χ3v) is 7.86. The number of hydrogen-bond acceptors (Lipinski definition) is 4. The molecule has 4 aliphatic rings. The van der Waals surface area contributed by atoms with Gasteiger partial charge in [-0.1, -0.05) is 22.0 Å². The Labute approximate surface area is 192 Å². The van der Waals surface area contributed by atoms with Crippen LogP contribution in [0.15, 0.2) is 40.9 Å². The highest BCUT2D eigenvalue weighted by atomic mass is 79.9. The van der Waals surface area contributed by atoms with E-state index in [1.54, 1.807) is 0 Å². The lowest BCUT2D eigenvalue weighted by Crippen LogP contribution is -2.45. The van der Waals surface area contributed by atoms with Gasteiger partial charge in [0.1, 0.15) is 6.23 Å². The van der Waals surface area contributed by atoms with E-state index in [2.05, 4.69) is 61.0 Å². The number of nitrogens with one attached hydrogen (secondary N) is 1. The van der Waals surface area contributed by atoms with Gasteiger partial charge in [0.05, 0.1) is 12.1 Å². The zero-order chi connectivity index (χ0) is 20.9. The van der Waals surface area contributed by atoms with Crippen molar-refractivity contribution in [1.29, 1.82) is 0 Å². The molecule has 1 aliphatic carbocycles. The average molecular weight is 498 g/mol. The predicted octanol–water partition coefficient (Wildman–Crippen LogP) is 4.06. The summed E-state index contributed by atoms with van der Waals surface area (Å²) in [6.45, 7) is 0.244. The number of nitrogens with zero attached hydrogens (tertiary/aromatic N) is 2. The van der Waals surface area contributed by atoms with Crippen molar-refractivity contribution in [2.75, 3.05) is 6.79 Å². The Bertz CT molecular complexity index is 1260. The lowest BCUT2D eigenvalue weighted by Gasteiger charge is -2.38. The first-order valence-electron chi connectivity index (χ1n) is 10.6. The lowest BCUT2D eigenvalue weighted by atomic mass is 9.88. The van der Waals surface area contributed by atoms with Gasteiger partial charge in [-0.3, -0.25) is 0 Å². The fraction of sp³-hybridized carbons (Fsp3) is 0.348. The number of aromatic nitrogens is 1. The Morgan fingerprint density at radius 1 is 1.06 bits per heavy atom. The maximum atomic E-state index is 11.3. The molecule has 1 saturated carbocycles. The summed E-state index contributed by atoms with van der Waals surface area (Å²) in [5.74, 6) is 1.52. The van der Waals surface area contributed by atoms with E-state index in [1.165, 1.54) is 10.9 Å². The molecule has 158 valence electrons. The summed E-state index contributed by atoms with van der Waals surface area (Å²) in [6.07, 6.45) is 2.33. The molecule has 2 N–H and O–H groups in total. The molecule has 3 aromatic rings. The van der Waals surface area contributed by atoms with Crippen LogP contribution in [0.2, 0.25) is 0 Å². The summed E-state index contributed by atoms with van der Waals surface area (Å²) >= 11 is 9.57. The predicted molar refractivity (Wildman–Crippen MR) is 123 cm³/mol. The minimum absolute atomic E-state index is 0.0889. The first-order chi connectivity index (χ1) is 15.1. The van der Waals surface area contributed by atoms with Crippen LogP contribution in [0.25, 0.3) is 10.9 Å². The van der Waals surface area contributed by atoms with Crippen LogP contribution in [0.4, 0.5) is 0 Å². The van der Waals surface area contributed by atoms with Crippen molar-refractivity contribution in [2.45, 2.75) is 43.6 Å². The summed E-state index contributed by atoms with van der Waals surface area (Å²) in [7, 11) is 0. The van der Waals surface area contributed by atoms with Gasteiger partial charge in [0, 0.05) is 27.1 Å². The Morgan fingerprint density at radius 2 is 1.90 bits per heavy atom. The molecule has 7 rings (SSSR count). The summed E-state index contributed by atoms with van der Waals surface area (Å²) < 4.78 is 12.2. The smallest absolute Gasteiger partial charge is 0.231 e. The molecule has 0 radical (unpaired) electrons. The summed E-state index contributed by atoms with van der Waals surface area (Å²) in [5, 5.41) is 13.2. The molecule has 4 heterocycles. The zero-order valence-corrected chi connectivity index (χ0v) is 18.9. The lowest BCUT2D eigenvalue weighted by molar-refractivity contribution is 0.0256. The number of H-pyrrole nitrogens is 1. The molecule has 0 bridgehead atoms. The van der Waals surface area contributed by atoms with Crippen LogP contribution in [0, 0.1) is 0 Å². The van der Waals surface area contributed by atoms with E-state index < -0.39 is 6.23 Å². The Hall–Kier alpha value is -2.29. The van der Waals surface area contributed by atoms with Crippen molar-refractivity contribution in [3.63, 3.8) is 0 Å². The molecule has 1 saturated heterocycles. The number of aliphatic hydroxyl groups excluding tert-OH is 1. The molecule has 1 aromatic heterocycles. The molecule has 6 nitrogen and oxygen atoms in total. The van der Waals surface area contributed by atoms with E-state index in [1.807, 2.05) is 6.07 Å². The van der Waals surface area contributed by atoms with E-state index in [0.29, 0.717) is 6.04 Å².